The maximum atomic E-state index is 13.4. The average molecular weight is 539 g/mol. The van der Waals surface area contributed by atoms with Gasteiger partial charge in [0.05, 0.1) is 18.3 Å². The van der Waals surface area contributed by atoms with Crippen molar-refractivity contribution in [1.29, 1.82) is 0 Å². The molecule has 0 aromatic rings. The molecule has 0 aromatic carbocycles. The quantitative estimate of drug-likeness (QED) is 0.187. The lowest BCUT2D eigenvalue weighted by atomic mass is 9.84. The molecular formula is C26H42N4O8. The van der Waals surface area contributed by atoms with Gasteiger partial charge in [0.25, 0.3) is 0 Å². The molecular weight excluding hydrogens is 496 g/mol. The van der Waals surface area contributed by atoms with Gasteiger partial charge in [-0.25, -0.2) is 0 Å². The van der Waals surface area contributed by atoms with Crippen molar-refractivity contribution in [3.63, 3.8) is 0 Å². The molecule has 0 heterocycles. The van der Waals surface area contributed by atoms with Gasteiger partial charge in [-0.2, -0.15) is 0 Å². The third-order valence-electron chi connectivity index (χ3n) is 7.48. The number of primary amides is 1. The number of nitrogens with one attached hydrogen (secondary N) is 3. The summed E-state index contributed by atoms with van der Waals surface area (Å²) in [6.45, 7) is 3.66. The molecule has 12 heteroatoms. The second kappa shape index (κ2) is 14.7. The Labute approximate surface area is 222 Å². The Morgan fingerprint density at radius 2 is 1.34 bits per heavy atom. The molecule has 0 bridgehead atoms. The highest BCUT2D eigenvalue weighted by atomic mass is 16.4. The standard InChI is InChI=1S/C26H42N4O8/c1-14(2)11-18(22(27)33)28-25(36)20(13-21(31)32)30-24(35)19(12-15-7-4-3-5-8-15)29-23(34)16-9-6-10-17(16)26(37)38/h14-20H,3-13H2,1-2H3,(H2,27,33)(H,28,36)(H,29,34)(H,30,35)(H,31,32)(H,37,38)/t16-,17-,18+,19+,20+/m1/s1. The number of nitrogens with two attached hydrogens (primary N) is 1. The molecule has 7 N–H and O–H groups in total. The van der Waals surface area contributed by atoms with Crippen molar-refractivity contribution in [2.75, 3.05) is 0 Å². The molecule has 2 aliphatic carbocycles. The molecule has 0 aliphatic heterocycles. The van der Waals surface area contributed by atoms with Crippen molar-refractivity contribution < 1.29 is 39.0 Å². The van der Waals surface area contributed by atoms with E-state index in [9.17, 15) is 39.0 Å². The first kappa shape index (κ1) is 31.0. The first-order chi connectivity index (χ1) is 17.9. The summed E-state index contributed by atoms with van der Waals surface area (Å²) in [5, 5.41) is 26.4. The van der Waals surface area contributed by atoms with Crippen LogP contribution in [0.4, 0.5) is 0 Å². The van der Waals surface area contributed by atoms with E-state index in [1.165, 1.54) is 0 Å². The van der Waals surface area contributed by atoms with Crippen LogP contribution < -0.4 is 21.7 Å². The van der Waals surface area contributed by atoms with Gasteiger partial charge in [-0.1, -0.05) is 52.4 Å². The Morgan fingerprint density at radius 3 is 1.89 bits per heavy atom. The molecule has 0 saturated heterocycles. The van der Waals surface area contributed by atoms with Crippen LogP contribution in [0.2, 0.25) is 0 Å². The first-order valence-electron chi connectivity index (χ1n) is 13.5. The van der Waals surface area contributed by atoms with Gasteiger partial charge in [0.15, 0.2) is 0 Å². The van der Waals surface area contributed by atoms with Crippen molar-refractivity contribution in [3.8, 4) is 0 Å². The zero-order valence-electron chi connectivity index (χ0n) is 22.2. The van der Waals surface area contributed by atoms with Gasteiger partial charge in [-0.3, -0.25) is 28.8 Å². The molecule has 2 fully saturated rings. The highest BCUT2D eigenvalue weighted by Gasteiger charge is 2.40. The number of carboxylic acids is 2. The average Bonchev–Trinajstić information content (AvgIpc) is 3.33. The molecule has 4 amide bonds. The van der Waals surface area contributed by atoms with Gasteiger partial charge >= 0.3 is 11.9 Å². The minimum absolute atomic E-state index is 0.0145. The summed E-state index contributed by atoms with van der Waals surface area (Å²) in [4.78, 5) is 74.2. The largest absolute Gasteiger partial charge is 0.481 e. The number of hydrogen-bond donors (Lipinski definition) is 6. The smallest absolute Gasteiger partial charge is 0.307 e. The Bertz CT molecular complexity index is 886. The summed E-state index contributed by atoms with van der Waals surface area (Å²) in [6, 6.07) is -3.60. The maximum absolute atomic E-state index is 13.4. The van der Waals surface area contributed by atoms with E-state index in [1.807, 2.05) is 13.8 Å². The number of amides is 4. The summed E-state index contributed by atoms with van der Waals surface area (Å²) < 4.78 is 0. The molecule has 0 spiro atoms. The Kier molecular flexibility index (Phi) is 12.0. The summed E-state index contributed by atoms with van der Waals surface area (Å²) in [6.07, 6.45) is 5.97. The zero-order chi connectivity index (χ0) is 28.4. The maximum Gasteiger partial charge on any atom is 0.307 e. The lowest BCUT2D eigenvalue weighted by Crippen LogP contribution is -2.57. The number of aliphatic carboxylic acids is 2. The number of rotatable bonds is 14. The fourth-order valence-electron chi connectivity index (χ4n) is 5.48. The van der Waals surface area contributed by atoms with Gasteiger partial charge in [0, 0.05) is 0 Å². The topological polar surface area (TPSA) is 205 Å². The molecule has 12 nitrogen and oxygen atoms in total. The highest BCUT2D eigenvalue weighted by Crippen LogP contribution is 2.33. The number of carbonyl (C=O) groups is 6. The summed E-state index contributed by atoms with van der Waals surface area (Å²) in [5.74, 6) is -6.73. The van der Waals surface area contributed by atoms with Gasteiger partial charge in [-0.15, -0.1) is 0 Å². The number of hydrogen-bond acceptors (Lipinski definition) is 6. The van der Waals surface area contributed by atoms with E-state index in [-0.39, 0.29) is 18.3 Å². The third kappa shape index (κ3) is 9.60. The van der Waals surface area contributed by atoms with E-state index < -0.39 is 71.9 Å². The fraction of sp³-hybridized carbons (Fsp3) is 0.769. The van der Waals surface area contributed by atoms with Crippen LogP contribution in [0.15, 0.2) is 0 Å². The van der Waals surface area contributed by atoms with Gasteiger partial charge < -0.3 is 31.9 Å². The minimum atomic E-state index is -1.50. The van der Waals surface area contributed by atoms with Crippen molar-refractivity contribution in [2.45, 2.75) is 103 Å². The van der Waals surface area contributed by atoms with Gasteiger partial charge in [0.1, 0.15) is 18.1 Å². The Balaban J connectivity index is 2.19. The lowest BCUT2D eigenvalue weighted by Gasteiger charge is -2.29. The molecule has 2 rings (SSSR count). The van der Waals surface area contributed by atoms with Crippen LogP contribution in [0.3, 0.4) is 0 Å². The van der Waals surface area contributed by atoms with Crippen molar-refractivity contribution >= 4 is 35.6 Å². The molecule has 38 heavy (non-hydrogen) atoms. The van der Waals surface area contributed by atoms with E-state index >= 15 is 0 Å². The van der Waals surface area contributed by atoms with Crippen LogP contribution in [0.25, 0.3) is 0 Å². The molecule has 5 atom stereocenters. The molecule has 0 radical (unpaired) electrons. The van der Waals surface area contributed by atoms with Gasteiger partial charge in [-0.05, 0) is 37.5 Å². The SMILES string of the molecule is CC(C)C[C@H](NC(=O)[C@H](CC(=O)O)NC(=O)[C@H](CC1CCCCC1)NC(=O)[C@@H]1CCC[C@H]1C(=O)O)C(N)=O. The minimum Gasteiger partial charge on any atom is -0.481 e. The third-order valence-corrected chi connectivity index (χ3v) is 7.48. The lowest BCUT2D eigenvalue weighted by molar-refractivity contribution is -0.146. The van der Waals surface area contributed by atoms with Crippen LogP contribution in [0.1, 0.15) is 84.5 Å². The van der Waals surface area contributed by atoms with E-state index in [1.54, 1.807) is 0 Å². The number of carboxylic acid groups (broad SMARTS) is 2. The first-order valence-corrected chi connectivity index (χ1v) is 13.5. The van der Waals surface area contributed by atoms with Crippen LogP contribution >= 0.6 is 0 Å². The fourth-order valence-corrected chi connectivity index (χ4v) is 5.48. The van der Waals surface area contributed by atoms with Gasteiger partial charge in [0.2, 0.25) is 23.6 Å². The summed E-state index contributed by atoms with van der Waals surface area (Å²) in [5.41, 5.74) is 5.39. The highest BCUT2D eigenvalue weighted by molar-refractivity contribution is 5.96. The van der Waals surface area contributed by atoms with Crippen LogP contribution in [-0.4, -0.2) is 63.9 Å². The molecule has 0 aromatic heterocycles. The van der Waals surface area contributed by atoms with E-state index in [0.717, 1.165) is 32.1 Å². The second-order valence-electron chi connectivity index (χ2n) is 11.0. The van der Waals surface area contributed by atoms with Crippen molar-refractivity contribution in [3.05, 3.63) is 0 Å². The van der Waals surface area contributed by atoms with Crippen LogP contribution in [-0.2, 0) is 28.8 Å². The predicted molar refractivity (Wildman–Crippen MR) is 136 cm³/mol. The van der Waals surface area contributed by atoms with Crippen molar-refractivity contribution in [1.82, 2.24) is 16.0 Å². The van der Waals surface area contributed by atoms with Crippen LogP contribution in [0, 0.1) is 23.7 Å². The second-order valence-corrected chi connectivity index (χ2v) is 11.0. The molecule has 214 valence electrons. The van der Waals surface area contributed by atoms with E-state index in [2.05, 4.69) is 16.0 Å². The van der Waals surface area contributed by atoms with Crippen molar-refractivity contribution in [2.24, 2.45) is 29.4 Å². The molecule has 2 aliphatic rings. The van der Waals surface area contributed by atoms with E-state index in [4.69, 9.17) is 5.73 Å². The Hall–Kier alpha value is -3.18. The summed E-state index contributed by atoms with van der Waals surface area (Å²) >= 11 is 0. The monoisotopic (exact) mass is 538 g/mol. The van der Waals surface area contributed by atoms with Crippen LogP contribution in [0.5, 0.6) is 0 Å². The summed E-state index contributed by atoms with van der Waals surface area (Å²) in [7, 11) is 0. The number of carbonyl (C=O) groups excluding carboxylic acids is 4. The molecule has 0 unspecified atom stereocenters. The van der Waals surface area contributed by atoms with E-state index in [0.29, 0.717) is 25.7 Å². The molecule has 2 saturated carbocycles. The normalized spacial score (nSPS) is 22.2. The Morgan fingerprint density at radius 1 is 0.763 bits per heavy atom. The zero-order valence-corrected chi connectivity index (χ0v) is 22.2. The predicted octanol–water partition coefficient (Wildman–Crippen LogP) is 0.918.